The Balaban J connectivity index is 1.94. The van der Waals surface area contributed by atoms with E-state index in [-0.39, 0.29) is 12.1 Å². The van der Waals surface area contributed by atoms with E-state index in [4.69, 9.17) is 4.74 Å². The first kappa shape index (κ1) is 14.3. The molecular formula is C14H28N2O2. The normalized spacial score (nSPS) is 25.3. The van der Waals surface area contributed by atoms with Gasteiger partial charge in [0, 0.05) is 25.8 Å². The maximum atomic E-state index is 9.85. The van der Waals surface area contributed by atoms with Gasteiger partial charge in [-0.1, -0.05) is 6.92 Å². The number of ether oxygens (including phenoxy) is 1. The summed E-state index contributed by atoms with van der Waals surface area (Å²) < 4.78 is 5.42. The van der Waals surface area contributed by atoms with Crippen LogP contribution < -0.4 is 5.32 Å². The maximum Gasteiger partial charge on any atom is 0.0628 e. The minimum absolute atomic E-state index is 0.0815. The van der Waals surface area contributed by atoms with Crippen LogP contribution in [-0.4, -0.2) is 61.5 Å². The lowest BCUT2D eigenvalue weighted by atomic mass is 9.92. The fraction of sp³-hybridized carbons (Fsp3) is 1.00. The minimum atomic E-state index is -0.0815. The lowest BCUT2D eigenvalue weighted by Crippen LogP contribution is -2.59. The summed E-state index contributed by atoms with van der Waals surface area (Å²) in [6.45, 7) is 6.02. The lowest BCUT2D eigenvalue weighted by molar-refractivity contribution is 0.0214. The minimum Gasteiger partial charge on any atom is -0.394 e. The van der Waals surface area contributed by atoms with E-state index in [9.17, 15) is 5.11 Å². The summed E-state index contributed by atoms with van der Waals surface area (Å²) >= 11 is 0. The molecular weight excluding hydrogens is 228 g/mol. The zero-order valence-corrected chi connectivity index (χ0v) is 11.8. The molecule has 0 radical (unpaired) electrons. The number of aliphatic hydroxyl groups is 1. The second-order valence-corrected chi connectivity index (χ2v) is 5.88. The third-order valence-corrected chi connectivity index (χ3v) is 4.52. The molecule has 1 heterocycles. The van der Waals surface area contributed by atoms with Crippen LogP contribution in [0.1, 0.15) is 32.6 Å². The van der Waals surface area contributed by atoms with Gasteiger partial charge >= 0.3 is 0 Å². The van der Waals surface area contributed by atoms with Crippen molar-refractivity contribution < 1.29 is 9.84 Å². The molecule has 2 fully saturated rings. The van der Waals surface area contributed by atoms with E-state index in [1.807, 2.05) is 0 Å². The van der Waals surface area contributed by atoms with Gasteiger partial charge in [0.15, 0.2) is 0 Å². The Bertz CT molecular complexity index is 252. The van der Waals surface area contributed by atoms with Crippen molar-refractivity contribution in [2.45, 2.75) is 44.2 Å². The van der Waals surface area contributed by atoms with Gasteiger partial charge in [-0.15, -0.1) is 0 Å². The zero-order valence-electron chi connectivity index (χ0n) is 11.8. The van der Waals surface area contributed by atoms with E-state index in [0.717, 1.165) is 39.1 Å². The topological polar surface area (TPSA) is 44.7 Å². The molecule has 0 bridgehead atoms. The smallest absolute Gasteiger partial charge is 0.0628 e. The second kappa shape index (κ2) is 6.33. The molecule has 106 valence electrons. The molecule has 4 nitrogen and oxygen atoms in total. The largest absolute Gasteiger partial charge is 0.394 e. The summed E-state index contributed by atoms with van der Waals surface area (Å²) in [6, 6.07) is 0.613. The number of hydrogen-bond donors (Lipinski definition) is 2. The molecule has 0 aromatic carbocycles. The third kappa shape index (κ3) is 3.23. The van der Waals surface area contributed by atoms with Crippen LogP contribution in [0.2, 0.25) is 0 Å². The van der Waals surface area contributed by atoms with Gasteiger partial charge in [0.1, 0.15) is 0 Å². The summed E-state index contributed by atoms with van der Waals surface area (Å²) in [6.07, 6.45) is 4.76. The SMILES string of the molecule is CCNC(CO)(CN(C)C1CCOCC1)C1CC1. The van der Waals surface area contributed by atoms with Crippen molar-refractivity contribution in [1.29, 1.82) is 0 Å². The van der Waals surface area contributed by atoms with Gasteiger partial charge in [-0.2, -0.15) is 0 Å². The fourth-order valence-electron chi connectivity index (χ4n) is 3.25. The Hall–Kier alpha value is -0.160. The maximum absolute atomic E-state index is 9.85. The average molecular weight is 256 g/mol. The van der Waals surface area contributed by atoms with Gasteiger partial charge in [0.2, 0.25) is 0 Å². The highest BCUT2D eigenvalue weighted by Gasteiger charge is 2.45. The predicted octanol–water partition coefficient (Wildman–Crippen LogP) is 0.848. The Morgan fingerprint density at radius 3 is 2.44 bits per heavy atom. The summed E-state index contributed by atoms with van der Waals surface area (Å²) in [4.78, 5) is 2.43. The number of nitrogens with zero attached hydrogens (tertiary/aromatic N) is 1. The van der Waals surface area contributed by atoms with E-state index in [1.54, 1.807) is 0 Å². The predicted molar refractivity (Wildman–Crippen MR) is 72.7 cm³/mol. The van der Waals surface area contributed by atoms with Crippen LogP contribution >= 0.6 is 0 Å². The highest BCUT2D eigenvalue weighted by atomic mass is 16.5. The first-order valence-electron chi connectivity index (χ1n) is 7.35. The monoisotopic (exact) mass is 256 g/mol. The van der Waals surface area contributed by atoms with Crippen molar-refractivity contribution >= 4 is 0 Å². The Morgan fingerprint density at radius 1 is 1.28 bits per heavy atom. The van der Waals surface area contributed by atoms with Crippen molar-refractivity contribution in [1.82, 2.24) is 10.2 Å². The second-order valence-electron chi connectivity index (χ2n) is 5.88. The number of likely N-dealkylation sites (N-methyl/N-ethyl adjacent to an activating group) is 2. The van der Waals surface area contributed by atoms with Crippen LogP contribution in [0.25, 0.3) is 0 Å². The molecule has 2 N–H and O–H groups in total. The molecule has 0 amide bonds. The molecule has 1 unspecified atom stereocenters. The summed E-state index contributed by atoms with van der Waals surface area (Å²) in [7, 11) is 2.19. The number of aliphatic hydroxyl groups excluding tert-OH is 1. The zero-order chi connectivity index (χ0) is 13.0. The molecule has 0 spiro atoms. The van der Waals surface area contributed by atoms with E-state index in [1.165, 1.54) is 12.8 Å². The number of nitrogens with one attached hydrogen (secondary N) is 1. The molecule has 0 aromatic heterocycles. The number of rotatable bonds is 7. The van der Waals surface area contributed by atoms with Crippen LogP contribution in [0.15, 0.2) is 0 Å². The van der Waals surface area contributed by atoms with E-state index in [2.05, 4.69) is 24.2 Å². The summed E-state index contributed by atoms with van der Waals surface area (Å²) in [5, 5.41) is 13.4. The molecule has 4 heteroatoms. The molecule has 18 heavy (non-hydrogen) atoms. The molecule has 2 aliphatic rings. The summed E-state index contributed by atoms with van der Waals surface area (Å²) in [5.41, 5.74) is -0.0815. The van der Waals surface area contributed by atoms with Gasteiger partial charge in [0.05, 0.1) is 12.1 Å². The molecule has 0 aromatic rings. The van der Waals surface area contributed by atoms with Gasteiger partial charge in [-0.05, 0) is 45.2 Å². The van der Waals surface area contributed by atoms with Crippen LogP contribution in [0.4, 0.5) is 0 Å². The molecule has 1 saturated heterocycles. The van der Waals surface area contributed by atoms with Crippen LogP contribution in [-0.2, 0) is 4.74 Å². The first-order valence-corrected chi connectivity index (χ1v) is 7.35. The summed E-state index contributed by atoms with van der Waals surface area (Å²) in [5.74, 6) is 0.657. The van der Waals surface area contributed by atoms with Crippen molar-refractivity contribution in [2.24, 2.45) is 5.92 Å². The van der Waals surface area contributed by atoms with E-state index < -0.39 is 0 Å². The Kier molecular flexibility index (Phi) is 5.01. The molecule has 1 saturated carbocycles. The van der Waals surface area contributed by atoms with Crippen LogP contribution in [0.3, 0.4) is 0 Å². The Morgan fingerprint density at radius 2 is 1.94 bits per heavy atom. The van der Waals surface area contributed by atoms with Gasteiger partial charge in [-0.3, -0.25) is 0 Å². The van der Waals surface area contributed by atoms with Crippen LogP contribution in [0, 0.1) is 5.92 Å². The molecule has 2 rings (SSSR count). The van der Waals surface area contributed by atoms with Crippen LogP contribution in [0.5, 0.6) is 0 Å². The van der Waals surface area contributed by atoms with E-state index >= 15 is 0 Å². The number of hydrogen-bond acceptors (Lipinski definition) is 4. The highest BCUT2D eigenvalue weighted by molar-refractivity contribution is 5.03. The van der Waals surface area contributed by atoms with Gasteiger partial charge in [-0.25, -0.2) is 0 Å². The highest BCUT2D eigenvalue weighted by Crippen LogP contribution is 2.40. The first-order chi connectivity index (χ1) is 8.72. The van der Waals surface area contributed by atoms with Crippen molar-refractivity contribution in [2.75, 3.05) is 40.0 Å². The lowest BCUT2D eigenvalue weighted by Gasteiger charge is -2.40. The van der Waals surface area contributed by atoms with Crippen molar-refractivity contribution in [3.63, 3.8) is 0 Å². The van der Waals surface area contributed by atoms with Crippen molar-refractivity contribution in [3.8, 4) is 0 Å². The third-order valence-electron chi connectivity index (χ3n) is 4.52. The standard InChI is InChI=1S/C14H28N2O2/c1-3-15-14(11-17,12-4-5-12)10-16(2)13-6-8-18-9-7-13/h12-13,15,17H,3-11H2,1-2H3. The molecule has 1 atom stereocenters. The molecule has 1 aliphatic carbocycles. The van der Waals surface area contributed by atoms with E-state index in [0.29, 0.717) is 12.0 Å². The van der Waals surface area contributed by atoms with Gasteiger partial charge in [0.25, 0.3) is 0 Å². The van der Waals surface area contributed by atoms with Gasteiger partial charge < -0.3 is 20.1 Å². The quantitative estimate of drug-likeness (QED) is 0.709. The average Bonchev–Trinajstić information content (AvgIpc) is 3.24. The fourth-order valence-corrected chi connectivity index (χ4v) is 3.25. The Labute approximate surface area is 111 Å². The molecule has 1 aliphatic heterocycles. The van der Waals surface area contributed by atoms with Crippen molar-refractivity contribution in [3.05, 3.63) is 0 Å².